The van der Waals surface area contributed by atoms with E-state index in [0.717, 1.165) is 27.1 Å². The van der Waals surface area contributed by atoms with Gasteiger partial charge in [-0.2, -0.15) is 0 Å². The molecule has 0 spiro atoms. The maximum Gasteiger partial charge on any atom is 0.162 e. The summed E-state index contributed by atoms with van der Waals surface area (Å²) >= 11 is 7.15. The SMILES string of the molecule is Fc1cccc(C(Br)c2cc3c(cc2Br)OCCO3)c1. The van der Waals surface area contributed by atoms with Crippen molar-refractivity contribution in [3.05, 3.63) is 57.8 Å². The number of hydrogen-bond acceptors (Lipinski definition) is 2. The molecule has 1 heterocycles. The van der Waals surface area contributed by atoms with Crippen LogP contribution in [0.1, 0.15) is 16.0 Å². The predicted molar refractivity (Wildman–Crippen MR) is 82.3 cm³/mol. The largest absolute Gasteiger partial charge is 0.486 e. The Morgan fingerprint density at radius 1 is 1.05 bits per heavy atom. The first-order valence-corrected chi connectivity index (χ1v) is 7.84. The Labute approximate surface area is 133 Å². The number of ether oxygens (including phenoxy) is 2. The fraction of sp³-hybridized carbons (Fsp3) is 0.200. The Hall–Kier alpha value is -1.07. The lowest BCUT2D eigenvalue weighted by Crippen LogP contribution is -2.15. The molecule has 20 heavy (non-hydrogen) atoms. The van der Waals surface area contributed by atoms with E-state index >= 15 is 0 Å². The minimum absolute atomic E-state index is 0.122. The standard InChI is InChI=1S/C15H11Br2FO2/c16-12-8-14-13(19-4-5-20-14)7-11(12)15(17)9-2-1-3-10(18)6-9/h1-3,6-8,15H,4-5H2. The third-order valence-corrected chi connectivity index (χ3v) is 4.78. The molecule has 0 N–H and O–H groups in total. The second kappa shape index (κ2) is 5.74. The Kier molecular flexibility index (Phi) is 3.98. The third-order valence-electron chi connectivity index (χ3n) is 3.08. The molecule has 1 atom stereocenters. The monoisotopic (exact) mass is 400 g/mol. The van der Waals surface area contributed by atoms with Gasteiger partial charge in [0.1, 0.15) is 19.0 Å². The van der Waals surface area contributed by atoms with Crippen molar-refractivity contribution in [2.75, 3.05) is 13.2 Å². The van der Waals surface area contributed by atoms with E-state index < -0.39 is 0 Å². The molecule has 0 bridgehead atoms. The first-order chi connectivity index (χ1) is 9.65. The van der Waals surface area contributed by atoms with E-state index in [0.29, 0.717) is 13.2 Å². The number of hydrogen-bond donors (Lipinski definition) is 0. The molecule has 1 unspecified atom stereocenters. The molecule has 0 saturated heterocycles. The molecule has 104 valence electrons. The van der Waals surface area contributed by atoms with Gasteiger partial charge in [0.2, 0.25) is 0 Å². The van der Waals surface area contributed by atoms with Gasteiger partial charge in [0.15, 0.2) is 11.5 Å². The highest BCUT2D eigenvalue weighted by atomic mass is 79.9. The Bertz CT molecular complexity index is 646. The van der Waals surface area contributed by atoms with Gasteiger partial charge >= 0.3 is 0 Å². The molecule has 2 aromatic carbocycles. The van der Waals surface area contributed by atoms with Gasteiger partial charge in [-0.15, -0.1) is 0 Å². The molecule has 0 amide bonds. The fourth-order valence-electron chi connectivity index (χ4n) is 2.12. The molecule has 0 aromatic heterocycles. The van der Waals surface area contributed by atoms with Crippen LogP contribution in [-0.2, 0) is 0 Å². The predicted octanol–water partition coefficient (Wildman–Crippen LogP) is 4.84. The average Bonchev–Trinajstić information content (AvgIpc) is 2.46. The van der Waals surface area contributed by atoms with Crippen molar-refractivity contribution in [3.8, 4) is 11.5 Å². The van der Waals surface area contributed by atoms with Crippen molar-refractivity contribution in [1.29, 1.82) is 0 Å². The topological polar surface area (TPSA) is 18.5 Å². The van der Waals surface area contributed by atoms with Crippen LogP contribution in [0.4, 0.5) is 4.39 Å². The van der Waals surface area contributed by atoms with Crippen LogP contribution in [0.15, 0.2) is 40.9 Å². The molecular weight excluding hydrogens is 391 g/mol. The summed E-state index contributed by atoms with van der Waals surface area (Å²) in [7, 11) is 0. The maximum absolute atomic E-state index is 13.3. The number of benzene rings is 2. The summed E-state index contributed by atoms with van der Waals surface area (Å²) < 4.78 is 25.4. The van der Waals surface area contributed by atoms with Crippen molar-refractivity contribution in [2.24, 2.45) is 0 Å². The Morgan fingerprint density at radius 3 is 2.45 bits per heavy atom. The smallest absolute Gasteiger partial charge is 0.162 e. The summed E-state index contributed by atoms with van der Waals surface area (Å²) in [4.78, 5) is -0.122. The normalized spacial score (nSPS) is 14.9. The minimum atomic E-state index is -0.249. The molecule has 0 fully saturated rings. The summed E-state index contributed by atoms with van der Waals surface area (Å²) in [6.07, 6.45) is 0. The maximum atomic E-state index is 13.3. The van der Waals surface area contributed by atoms with Crippen molar-refractivity contribution in [1.82, 2.24) is 0 Å². The van der Waals surface area contributed by atoms with E-state index in [1.807, 2.05) is 18.2 Å². The molecule has 0 aliphatic carbocycles. The van der Waals surface area contributed by atoms with Gasteiger partial charge in [0.05, 0.1) is 4.83 Å². The van der Waals surface area contributed by atoms with E-state index in [9.17, 15) is 4.39 Å². The molecule has 2 nitrogen and oxygen atoms in total. The summed E-state index contributed by atoms with van der Waals surface area (Å²) in [6, 6.07) is 10.3. The van der Waals surface area contributed by atoms with E-state index in [-0.39, 0.29) is 10.6 Å². The molecule has 3 rings (SSSR count). The lowest BCUT2D eigenvalue weighted by atomic mass is 10.0. The van der Waals surface area contributed by atoms with E-state index in [1.54, 1.807) is 6.07 Å². The van der Waals surface area contributed by atoms with Gasteiger partial charge in [-0.05, 0) is 35.4 Å². The van der Waals surface area contributed by atoms with E-state index in [1.165, 1.54) is 12.1 Å². The third kappa shape index (κ3) is 2.69. The second-order valence-electron chi connectivity index (χ2n) is 4.43. The Balaban J connectivity index is 2.01. The van der Waals surface area contributed by atoms with Crippen LogP contribution < -0.4 is 9.47 Å². The molecule has 1 aliphatic rings. The number of rotatable bonds is 2. The zero-order valence-corrected chi connectivity index (χ0v) is 13.6. The zero-order valence-electron chi connectivity index (χ0n) is 10.4. The molecule has 0 saturated carbocycles. The molecule has 1 aliphatic heterocycles. The Morgan fingerprint density at radius 2 is 1.75 bits per heavy atom. The second-order valence-corrected chi connectivity index (χ2v) is 6.20. The first-order valence-electron chi connectivity index (χ1n) is 6.14. The zero-order chi connectivity index (χ0) is 14.1. The first kappa shape index (κ1) is 13.9. The molecule has 2 aromatic rings. The number of alkyl halides is 1. The van der Waals surface area contributed by atoms with Gasteiger partial charge in [-0.25, -0.2) is 4.39 Å². The fourth-order valence-corrected chi connectivity index (χ4v) is 3.64. The summed E-state index contributed by atoms with van der Waals surface area (Å²) in [5.74, 6) is 1.20. The van der Waals surface area contributed by atoms with Crippen LogP contribution in [0.5, 0.6) is 11.5 Å². The van der Waals surface area contributed by atoms with Gasteiger partial charge in [-0.1, -0.05) is 44.0 Å². The summed E-state index contributed by atoms with van der Waals surface area (Å²) in [5, 5.41) is 0. The van der Waals surface area contributed by atoms with Crippen LogP contribution in [-0.4, -0.2) is 13.2 Å². The highest BCUT2D eigenvalue weighted by Gasteiger charge is 2.20. The van der Waals surface area contributed by atoms with Crippen LogP contribution >= 0.6 is 31.9 Å². The van der Waals surface area contributed by atoms with Gasteiger partial charge in [0.25, 0.3) is 0 Å². The van der Waals surface area contributed by atoms with Crippen LogP contribution in [0.25, 0.3) is 0 Å². The summed E-state index contributed by atoms with van der Waals surface area (Å²) in [5.41, 5.74) is 1.82. The molecule has 5 heteroatoms. The van der Waals surface area contributed by atoms with Gasteiger partial charge < -0.3 is 9.47 Å². The lowest BCUT2D eigenvalue weighted by molar-refractivity contribution is 0.171. The van der Waals surface area contributed by atoms with Crippen molar-refractivity contribution >= 4 is 31.9 Å². The van der Waals surface area contributed by atoms with Crippen LogP contribution in [0.2, 0.25) is 0 Å². The van der Waals surface area contributed by atoms with Gasteiger partial charge in [0, 0.05) is 4.47 Å². The highest BCUT2D eigenvalue weighted by Crippen LogP contribution is 2.42. The van der Waals surface area contributed by atoms with Crippen molar-refractivity contribution < 1.29 is 13.9 Å². The average molecular weight is 402 g/mol. The van der Waals surface area contributed by atoms with Crippen LogP contribution in [0, 0.1) is 5.82 Å². The van der Waals surface area contributed by atoms with E-state index in [2.05, 4.69) is 31.9 Å². The van der Waals surface area contributed by atoms with Crippen molar-refractivity contribution in [3.63, 3.8) is 0 Å². The quantitative estimate of drug-likeness (QED) is 0.670. The van der Waals surface area contributed by atoms with Gasteiger partial charge in [-0.3, -0.25) is 0 Å². The molecule has 0 radical (unpaired) electrons. The highest BCUT2D eigenvalue weighted by molar-refractivity contribution is 9.11. The van der Waals surface area contributed by atoms with E-state index in [4.69, 9.17) is 9.47 Å². The van der Waals surface area contributed by atoms with Crippen LogP contribution in [0.3, 0.4) is 0 Å². The minimum Gasteiger partial charge on any atom is -0.486 e. The van der Waals surface area contributed by atoms with Crippen molar-refractivity contribution in [2.45, 2.75) is 4.83 Å². The lowest BCUT2D eigenvalue weighted by Gasteiger charge is -2.21. The molecular formula is C15H11Br2FO2. The summed E-state index contributed by atoms with van der Waals surface area (Å²) in [6.45, 7) is 1.10. The number of fused-ring (bicyclic) bond motifs is 1. The number of halogens is 3.